The van der Waals surface area contributed by atoms with Crippen LogP contribution in [0.5, 0.6) is 11.6 Å². The van der Waals surface area contributed by atoms with Crippen LogP contribution in [0.4, 0.5) is 0 Å². The highest BCUT2D eigenvalue weighted by Gasteiger charge is 2.12. The largest absolute Gasteiger partial charge is 0.497 e. The number of hydrogen-bond acceptors (Lipinski definition) is 6. The molecule has 0 spiro atoms. The van der Waals surface area contributed by atoms with Crippen LogP contribution in [0.3, 0.4) is 0 Å². The maximum atomic E-state index is 5.84. The monoisotopic (exact) mass is 361 g/mol. The molecule has 27 heavy (non-hydrogen) atoms. The molecule has 0 amide bonds. The Morgan fingerprint density at radius 2 is 1.63 bits per heavy atom. The van der Waals surface area contributed by atoms with Crippen LogP contribution in [0.1, 0.15) is 0 Å². The first-order valence-electron chi connectivity index (χ1n) is 8.62. The average Bonchev–Trinajstić information content (AvgIpc) is 2.73. The van der Waals surface area contributed by atoms with Gasteiger partial charge in [0.25, 0.3) is 0 Å². The lowest BCUT2D eigenvalue weighted by Gasteiger charge is -2.11. The Labute approximate surface area is 156 Å². The molecule has 0 fully saturated rings. The van der Waals surface area contributed by atoms with E-state index in [1.165, 1.54) is 0 Å². The average molecular weight is 361 g/mol. The number of benzene rings is 2. The summed E-state index contributed by atoms with van der Waals surface area (Å²) in [5, 5.41) is 10.7. The summed E-state index contributed by atoms with van der Waals surface area (Å²) in [7, 11) is 3.29. The van der Waals surface area contributed by atoms with Crippen molar-refractivity contribution in [2.45, 2.75) is 0 Å². The summed E-state index contributed by atoms with van der Waals surface area (Å²) in [4.78, 5) is 4.69. The van der Waals surface area contributed by atoms with E-state index in [9.17, 15) is 0 Å². The molecule has 136 valence electrons. The molecule has 2 aromatic carbocycles. The van der Waals surface area contributed by atoms with Crippen molar-refractivity contribution >= 4 is 21.8 Å². The third kappa shape index (κ3) is 3.39. The number of fused-ring (bicyclic) bond motifs is 3. The molecule has 6 heteroatoms. The SMILES string of the molecule is COCCOc1nc2cc(-c3ccc(OC)cc3)nnc2c2ccccc12. The molecule has 0 aliphatic heterocycles. The molecular formula is C21H19N3O3. The number of methoxy groups -OCH3 is 2. The molecule has 0 radical (unpaired) electrons. The summed E-state index contributed by atoms with van der Waals surface area (Å²) < 4.78 is 16.1. The molecular weight excluding hydrogens is 342 g/mol. The van der Waals surface area contributed by atoms with Crippen LogP contribution in [0.2, 0.25) is 0 Å². The maximum Gasteiger partial charge on any atom is 0.222 e. The standard InChI is InChI=1S/C21H19N3O3/c1-25-11-12-27-21-17-6-4-3-5-16(17)20-19(22-21)13-18(23-24-20)14-7-9-15(26-2)10-8-14/h3-10,13H,11-12H2,1-2H3. The molecule has 0 atom stereocenters. The third-order valence-electron chi connectivity index (χ3n) is 4.32. The van der Waals surface area contributed by atoms with E-state index in [1.807, 2.05) is 54.6 Å². The first-order valence-corrected chi connectivity index (χ1v) is 8.62. The Morgan fingerprint density at radius 3 is 2.37 bits per heavy atom. The second kappa shape index (κ2) is 7.55. The Balaban J connectivity index is 1.82. The van der Waals surface area contributed by atoms with Crippen LogP contribution >= 0.6 is 0 Å². The van der Waals surface area contributed by atoms with Crippen molar-refractivity contribution in [2.24, 2.45) is 0 Å². The Hall–Kier alpha value is -3.25. The van der Waals surface area contributed by atoms with Crippen LogP contribution in [-0.4, -0.2) is 42.6 Å². The minimum atomic E-state index is 0.433. The van der Waals surface area contributed by atoms with E-state index in [2.05, 4.69) is 10.2 Å². The van der Waals surface area contributed by atoms with Gasteiger partial charge in [0, 0.05) is 23.4 Å². The van der Waals surface area contributed by atoms with E-state index >= 15 is 0 Å². The molecule has 0 aliphatic carbocycles. The van der Waals surface area contributed by atoms with Gasteiger partial charge in [-0.1, -0.05) is 18.2 Å². The van der Waals surface area contributed by atoms with Gasteiger partial charge in [0.1, 0.15) is 17.9 Å². The zero-order valence-corrected chi connectivity index (χ0v) is 15.2. The van der Waals surface area contributed by atoms with Crippen molar-refractivity contribution < 1.29 is 14.2 Å². The predicted molar refractivity (Wildman–Crippen MR) is 104 cm³/mol. The van der Waals surface area contributed by atoms with E-state index in [-0.39, 0.29) is 0 Å². The van der Waals surface area contributed by atoms with Gasteiger partial charge in [-0.15, -0.1) is 10.2 Å². The summed E-state index contributed by atoms with van der Waals surface area (Å²) in [6.07, 6.45) is 0. The minimum absolute atomic E-state index is 0.433. The van der Waals surface area contributed by atoms with Gasteiger partial charge in [0.05, 0.1) is 24.9 Å². The summed E-state index contributed by atoms with van der Waals surface area (Å²) in [5.74, 6) is 1.37. The Morgan fingerprint density at radius 1 is 0.852 bits per heavy atom. The molecule has 0 N–H and O–H groups in total. The van der Waals surface area contributed by atoms with Crippen LogP contribution < -0.4 is 9.47 Å². The normalized spacial score (nSPS) is 11.0. The third-order valence-corrected chi connectivity index (χ3v) is 4.32. The molecule has 0 unspecified atom stereocenters. The van der Waals surface area contributed by atoms with Gasteiger partial charge in [0.2, 0.25) is 5.88 Å². The molecule has 2 heterocycles. The summed E-state index contributed by atoms with van der Waals surface area (Å²) in [6, 6.07) is 17.5. The molecule has 0 bridgehead atoms. The van der Waals surface area contributed by atoms with Crippen molar-refractivity contribution in [3.8, 4) is 22.9 Å². The molecule has 0 saturated carbocycles. The molecule has 4 aromatic rings. The Kier molecular flexibility index (Phi) is 4.80. The van der Waals surface area contributed by atoms with Crippen molar-refractivity contribution in [3.63, 3.8) is 0 Å². The lowest BCUT2D eigenvalue weighted by molar-refractivity contribution is 0.145. The molecule has 2 aromatic heterocycles. The lowest BCUT2D eigenvalue weighted by atomic mass is 10.1. The predicted octanol–water partition coefficient (Wildman–Crippen LogP) is 3.88. The highest BCUT2D eigenvalue weighted by molar-refractivity contribution is 6.05. The zero-order chi connectivity index (χ0) is 18.6. The summed E-state index contributed by atoms with van der Waals surface area (Å²) in [5.41, 5.74) is 3.18. The van der Waals surface area contributed by atoms with E-state index in [1.54, 1.807) is 14.2 Å². The number of rotatable bonds is 6. The number of pyridine rings is 1. The van der Waals surface area contributed by atoms with E-state index in [0.717, 1.165) is 38.8 Å². The fourth-order valence-corrected chi connectivity index (χ4v) is 2.94. The minimum Gasteiger partial charge on any atom is -0.497 e. The quantitative estimate of drug-likeness (QED) is 0.384. The van der Waals surface area contributed by atoms with Gasteiger partial charge in [-0.2, -0.15) is 0 Å². The van der Waals surface area contributed by atoms with Crippen molar-refractivity contribution in [3.05, 3.63) is 54.6 Å². The van der Waals surface area contributed by atoms with Gasteiger partial charge in [0.15, 0.2) is 0 Å². The van der Waals surface area contributed by atoms with Crippen molar-refractivity contribution in [1.82, 2.24) is 15.2 Å². The van der Waals surface area contributed by atoms with E-state index < -0.39 is 0 Å². The molecule has 0 aliphatic rings. The van der Waals surface area contributed by atoms with Crippen LogP contribution in [0.15, 0.2) is 54.6 Å². The van der Waals surface area contributed by atoms with Crippen LogP contribution in [0.25, 0.3) is 33.1 Å². The summed E-state index contributed by atoms with van der Waals surface area (Å²) in [6.45, 7) is 0.933. The number of aromatic nitrogens is 3. The van der Waals surface area contributed by atoms with E-state index in [4.69, 9.17) is 19.2 Å². The molecule has 0 saturated heterocycles. The molecule has 6 nitrogen and oxygen atoms in total. The second-order valence-electron chi connectivity index (χ2n) is 6.00. The van der Waals surface area contributed by atoms with Gasteiger partial charge in [-0.25, -0.2) is 4.98 Å². The maximum absolute atomic E-state index is 5.84. The zero-order valence-electron chi connectivity index (χ0n) is 15.2. The van der Waals surface area contributed by atoms with Crippen LogP contribution in [0, 0.1) is 0 Å². The fraction of sp³-hybridized carbons (Fsp3) is 0.190. The topological polar surface area (TPSA) is 66.4 Å². The van der Waals surface area contributed by atoms with Gasteiger partial charge < -0.3 is 14.2 Å². The summed E-state index contributed by atoms with van der Waals surface area (Å²) >= 11 is 0. The first kappa shape index (κ1) is 17.2. The second-order valence-corrected chi connectivity index (χ2v) is 6.00. The fourth-order valence-electron chi connectivity index (χ4n) is 2.94. The Bertz CT molecular complexity index is 1080. The van der Waals surface area contributed by atoms with E-state index in [0.29, 0.717) is 19.1 Å². The highest BCUT2D eigenvalue weighted by atomic mass is 16.5. The van der Waals surface area contributed by atoms with Crippen molar-refractivity contribution in [1.29, 1.82) is 0 Å². The highest BCUT2D eigenvalue weighted by Crippen LogP contribution is 2.31. The van der Waals surface area contributed by atoms with Gasteiger partial charge in [-0.3, -0.25) is 0 Å². The number of ether oxygens (including phenoxy) is 3. The van der Waals surface area contributed by atoms with Gasteiger partial charge >= 0.3 is 0 Å². The smallest absolute Gasteiger partial charge is 0.222 e. The van der Waals surface area contributed by atoms with Crippen molar-refractivity contribution in [2.75, 3.05) is 27.4 Å². The molecule has 4 rings (SSSR count). The van der Waals surface area contributed by atoms with Crippen LogP contribution in [-0.2, 0) is 4.74 Å². The first-order chi connectivity index (χ1) is 13.3. The number of nitrogens with zero attached hydrogens (tertiary/aromatic N) is 3. The lowest BCUT2D eigenvalue weighted by Crippen LogP contribution is -2.06. The number of hydrogen-bond donors (Lipinski definition) is 0. The van der Waals surface area contributed by atoms with Gasteiger partial charge in [-0.05, 0) is 36.4 Å².